The normalized spacial score (nSPS) is 12.8. The molecule has 104 valence electrons. The molecular weight excluding hydrogens is 277 g/mol. The average molecular weight is 285 g/mol. The molecule has 0 radical (unpaired) electrons. The Balaban J connectivity index is 1.84. The highest BCUT2D eigenvalue weighted by Gasteiger charge is 2.26. The Morgan fingerprint density at radius 3 is 2.57 bits per heavy atom. The molecule has 3 rings (SSSR count). The maximum absolute atomic E-state index is 12.7. The average Bonchev–Trinajstić information content (AvgIpc) is 2.74. The smallest absolute Gasteiger partial charge is 0.259 e. The second-order valence-electron chi connectivity index (χ2n) is 4.37. The number of aromatic nitrogens is 1. The number of hydrogen-bond acceptors (Lipinski definition) is 4. The van der Waals surface area contributed by atoms with E-state index < -0.39 is 23.7 Å². The number of hydrogen-bond donors (Lipinski definition) is 2. The number of pyridine rings is 1. The van der Waals surface area contributed by atoms with E-state index in [1.807, 2.05) is 0 Å². The van der Waals surface area contributed by atoms with E-state index in [4.69, 9.17) is 0 Å². The van der Waals surface area contributed by atoms with Crippen LogP contribution in [-0.4, -0.2) is 22.7 Å². The van der Waals surface area contributed by atoms with Gasteiger partial charge in [0.25, 0.3) is 17.7 Å². The van der Waals surface area contributed by atoms with E-state index in [2.05, 4.69) is 15.6 Å². The van der Waals surface area contributed by atoms with Gasteiger partial charge >= 0.3 is 0 Å². The maximum Gasteiger partial charge on any atom is 0.259 e. The van der Waals surface area contributed by atoms with Crippen LogP contribution in [0.1, 0.15) is 31.1 Å². The zero-order chi connectivity index (χ0) is 15.0. The van der Waals surface area contributed by atoms with Crippen molar-refractivity contribution in [2.45, 2.75) is 0 Å². The summed E-state index contributed by atoms with van der Waals surface area (Å²) in [6, 6.07) is 6.73. The number of amides is 3. The fourth-order valence-corrected chi connectivity index (χ4v) is 1.96. The molecule has 0 spiro atoms. The van der Waals surface area contributed by atoms with Gasteiger partial charge in [0.15, 0.2) is 0 Å². The van der Waals surface area contributed by atoms with Gasteiger partial charge in [0.1, 0.15) is 0 Å². The molecule has 0 saturated carbocycles. The van der Waals surface area contributed by atoms with Gasteiger partial charge in [-0.25, -0.2) is 4.98 Å². The van der Waals surface area contributed by atoms with E-state index in [9.17, 15) is 18.8 Å². The molecule has 21 heavy (non-hydrogen) atoms. The molecule has 1 aliphatic rings. The molecular formula is C14H8FN3O3. The third kappa shape index (κ3) is 2.36. The number of benzene rings is 1. The van der Waals surface area contributed by atoms with Crippen molar-refractivity contribution in [2.24, 2.45) is 0 Å². The lowest BCUT2D eigenvalue weighted by Gasteiger charge is -2.06. The zero-order valence-corrected chi connectivity index (χ0v) is 10.5. The van der Waals surface area contributed by atoms with Gasteiger partial charge < -0.3 is 5.32 Å². The SMILES string of the molecule is O=C(Nc1ccc2c(c1)C(=O)NC2=O)c1ccc(F)nc1. The number of imide groups is 1. The molecule has 2 aromatic rings. The van der Waals surface area contributed by atoms with Gasteiger partial charge in [-0.15, -0.1) is 0 Å². The van der Waals surface area contributed by atoms with Crippen LogP contribution < -0.4 is 10.6 Å². The lowest BCUT2D eigenvalue weighted by atomic mass is 10.1. The third-order valence-electron chi connectivity index (χ3n) is 2.98. The predicted octanol–water partition coefficient (Wildman–Crippen LogP) is 1.36. The third-order valence-corrected chi connectivity index (χ3v) is 2.98. The molecule has 6 nitrogen and oxygen atoms in total. The van der Waals surface area contributed by atoms with E-state index in [1.165, 1.54) is 24.3 Å². The van der Waals surface area contributed by atoms with Gasteiger partial charge in [0.2, 0.25) is 5.95 Å². The van der Waals surface area contributed by atoms with Crippen molar-refractivity contribution in [2.75, 3.05) is 5.32 Å². The quantitative estimate of drug-likeness (QED) is 0.644. The molecule has 1 aromatic carbocycles. The van der Waals surface area contributed by atoms with Crippen LogP contribution in [0.15, 0.2) is 36.5 Å². The molecule has 0 bridgehead atoms. The first-order chi connectivity index (χ1) is 10.0. The van der Waals surface area contributed by atoms with Gasteiger partial charge in [0.05, 0.1) is 16.7 Å². The highest BCUT2D eigenvalue weighted by atomic mass is 19.1. The summed E-state index contributed by atoms with van der Waals surface area (Å²) >= 11 is 0. The molecule has 2 heterocycles. The summed E-state index contributed by atoms with van der Waals surface area (Å²) in [5.41, 5.74) is 1.00. The molecule has 2 N–H and O–H groups in total. The van der Waals surface area contributed by atoms with Crippen molar-refractivity contribution in [1.82, 2.24) is 10.3 Å². The number of carbonyl (C=O) groups excluding carboxylic acids is 3. The van der Waals surface area contributed by atoms with Crippen LogP contribution in [0.25, 0.3) is 0 Å². The fraction of sp³-hybridized carbons (Fsp3) is 0. The Hall–Kier alpha value is -3.09. The van der Waals surface area contributed by atoms with Crippen molar-refractivity contribution < 1.29 is 18.8 Å². The van der Waals surface area contributed by atoms with Crippen LogP contribution in [0.3, 0.4) is 0 Å². The number of nitrogens with zero attached hydrogens (tertiary/aromatic N) is 1. The maximum atomic E-state index is 12.7. The fourth-order valence-electron chi connectivity index (χ4n) is 1.96. The van der Waals surface area contributed by atoms with Gasteiger partial charge in [-0.2, -0.15) is 4.39 Å². The Bertz CT molecular complexity index is 772. The zero-order valence-electron chi connectivity index (χ0n) is 10.5. The minimum absolute atomic E-state index is 0.178. The highest BCUT2D eigenvalue weighted by Crippen LogP contribution is 2.20. The summed E-state index contributed by atoms with van der Waals surface area (Å²) in [7, 11) is 0. The van der Waals surface area contributed by atoms with Crippen molar-refractivity contribution in [3.63, 3.8) is 0 Å². The number of nitrogens with one attached hydrogen (secondary N) is 2. The van der Waals surface area contributed by atoms with E-state index in [-0.39, 0.29) is 16.7 Å². The Kier molecular flexibility index (Phi) is 2.94. The summed E-state index contributed by atoms with van der Waals surface area (Å²) in [5.74, 6) is -2.14. The van der Waals surface area contributed by atoms with Crippen LogP contribution in [0, 0.1) is 5.95 Å². The number of rotatable bonds is 2. The standard InChI is InChI=1S/C14H8FN3O3/c15-11-4-1-7(6-16-11)12(19)17-8-2-3-9-10(5-8)14(21)18-13(9)20/h1-6H,(H,17,19)(H,18,20,21). The van der Waals surface area contributed by atoms with Crippen molar-refractivity contribution in [3.05, 3.63) is 59.2 Å². The Labute approximate surface area is 118 Å². The first-order valence-electron chi connectivity index (χ1n) is 5.97. The molecule has 3 amide bonds. The van der Waals surface area contributed by atoms with Gasteiger partial charge in [-0.3, -0.25) is 19.7 Å². The lowest BCUT2D eigenvalue weighted by molar-refractivity contribution is 0.0878. The number of halogens is 1. The van der Waals surface area contributed by atoms with E-state index in [1.54, 1.807) is 0 Å². The Morgan fingerprint density at radius 2 is 1.86 bits per heavy atom. The first kappa shape index (κ1) is 12.9. The summed E-state index contributed by atoms with van der Waals surface area (Å²) in [4.78, 5) is 38.2. The van der Waals surface area contributed by atoms with Crippen LogP contribution in [0.2, 0.25) is 0 Å². The summed E-state index contributed by atoms with van der Waals surface area (Å²) in [6.07, 6.45) is 1.11. The molecule has 0 unspecified atom stereocenters. The predicted molar refractivity (Wildman–Crippen MR) is 70.4 cm³/mol. The van der Waals surface area contributed by atoms with Crippen molar-refractivity contribution >= 4 is 23.4 Å². The molecule has 1 aromatic heterocycles. The topological polar surface area (TPSA) is 88.2 Å². The summed E-state index contributed by atoms with van der Waals surface area (Å²) in [5, 5.41) is 4.71. The van der Waals surface area contributed by atoms with E-state index in [0.29, 0.717) is 5.69 Å². The Morgan fingerprint density at radius 1 is 1.10 bits per heavy atom. The van der Waals surface area contributed by atoms with Crippen LogP contribution in [0.5, 0.6) is 0 Å². The van der Waals surface area contributed by atoms with Gasteiger partial charge in [0, 0.05) is 11.9 Å². The molecule has 0 saturated heterocycles. The van der Waals surface area contributed by atoms with Gasteiger partial charge in [-0.05, 0) is 30.3 Å². The van der Waals surface area contributed by atoms with Crippen LogP contribution in [0.4, 0.5) is 10.1 Å². The lowest BCUT2D eigenvalue weighted by Crippen LogP contribution is -2.19. The second-order valence-corrected chi connectivity index (χ2v) is 4.37. The molecule has 1 aliphatic heterocycles. The van der Waals surface area contributed by atoms with Crippen molar-refractivity contribution in [3.8, 4) is 0 Å². The van der Waals surface area contributed by atoms with E-state index >= 15 is 0 Å². The van der Waals surface area contributed by atoms with Crippen LogP contribution in [-0.2, 0) is 0 Å². The van der Waals surface area contributed by atoms with Gasteiger partial charge in [-0.1, -0.05) is 0 Å². The minimum atomic E-state index is -0.681. The monoisotopic (exact) mass is 285 g/mol. The van der Waals surface area contributed by atoms with Crippen molar-refractivity contribution in [1.29, 1.82) is 0 Å². The number of fused-ring (bicyclic) bond motifs is 1. The molecule has 0 aliphatic carbocycles. The number of anilines is 1. The molecule has 0 fully saturated rings. The van der Waals surface area contributed by atoms with E-state index in [0.717, 1.165) is 12.3 Å². The minimum Gasteiger partial charge on any atom is -0.322 e. The number of carbonyl (C=O) groups is 3. The summed E-state index contributed by atoms with van der Waals surface area (Å²) < 4.78 is 12.7. The highest BCUT2D eigenvalue weighted by molar-refractivity contribution is 6.22. The first-order valence-corrected chi connectivity index (χ1v) is 5.97. The largest absolute Gasteiger partial charge is 0.322 e. The summed E-state index contributed by atoms with van der Waals surface area (Å²) in [6.45, 7) is 0. The molecule has 7 heteroatoms. The second kappa shape index (κ2) is 4.78. The van der Waals surface area contributed by atoms with Crippen LogP contribution >= 0.6 is 0 Å². The molecule has 0 atom stereocenters.